The van der Waals surface area contributed by atoms with Crippen molar-refractivity contribution in [1.29, 1.82) is 0 Å². The highest BCUT2D eigenvalue weighted by molar-refractivity contribution is 5.35. The Hall–Kier alpha value is -2.69. The van der Waals surface area contributed by atoms with Crippen LogP contribution < -0.4 is 4.90 Å². The fraction of sp³-hybridized carbons (Fsp3) is 0.316. The first kappa shape index (κ1) is 14.9. The first-order valence-corrected chi connectivity index (χ1v) is 8.41. The molecule has 0 fully saturated rings. The third-order valence-corrected chi connectivity index (χ3v) is 4.54. The summed E-state index contributed by atoms with van der Waals surface area (Å²) in [5.41, 5.74) is 4.87. The zero-order chi connectivity index (χ0) is 16.4. The van der Waals surface area contributed by atoms with Crippen molar-refractivity contribution < 1.29 is 0 Å². The smallest absolute Gasteiger partial charge is 0.225 e. The summed E-state index contributed by atoms with van der Waals surface area (Å²) >= 11 is 0. The summed E-state index contributed by atoms with van der Waals surface area (Å²) in [6.07, 6.45) is 5.83. The minimum atomic E-state index is 0.789. The second-order valence-corrected chi connectivity index (χ2v) is 6.24. The number of benzene rings is 1. The topological polar surface area (TPSA) is 46.8 Å². The van der Waals surface area contributed by atoms with Crippen molar-refractivity contribution in [3.8, 4) is 0 Å². The fourth-order valence-electron chi connectivity index (χ4n) is 3.22. The molecule has 1 aromatic carbocycles. The van der Waals surface area contributed by atoms with E-state index in [1.807, 2.05) is 25.5 Å². The summed E-state index contributed by atoms with van der Waals surface area (Å²) in [5, 5.41) is 0. The van der Waals surface area contributed by atoms with E-state index in [4.69, 9.17) is 0 Å². The molecule has 0 saturated carbocycles. The Labute approximate surface area is 142 Å². The van der Waals surface area contributed by atoms with Crippen molar-refractivity contribution in [2.75, 3.05) is 11.4 Å². The van der Waals surface area contributed by atoms with E-state index in [1.54, 1.807) is 0 Å². The van der Waals surface area contributed by atoms with Crippen LogP contribution in [0.1, 0.15) is 22.6 Å². The second-order valence-electron chi connectivity index (χ2n) is 6.24. The number of aryl methyl sites for hydroxylation is 3. The van der Waals surface area contributed by atoms with Gasteiger partial charge in [0, 0.05) is 37.1 Å². The van der Waals surface area contributed by atoms with Crippen LogP contribution in [-0.2, 0) is 25.9 Å². The van der Waals surface area contributed by atoms with Gasteiger partial charge in [-0.25, -0.2) is 15.0 Å². The van der Waals surface area contributed by atoms with Crippen LogP contribution in [0.3, 0.4) is 0 Å². The standard InChI is InChI=1S/C19H21N5/c1-15-7-10-20-19(22-15)23-12-9-18-17(13-23)21-14-24(18)11-8-16-5-3-2-4-6-16/h2-7,10,14H,8-9,11-13H2,1H3. The maximum absolute atomic E-state index is 4.63. The lowest BCUT2D eigenvalue weighted by molar-refractivity contribution is 0.618. The lowest BCUT2D eigenvalue weighted by Gasteiger charge is -2.27. The molecule has 122 valence electrons. The zero-order valence-corrected chi connectivity index (χ0v) is 13.9. The quantitative estimate of drug-likeness (QED) is 0.742. The lowest BCUT2D eigenvalue weighted by Crippen LogP contribution is -2.32. The van der Waals surface area contributed by atoms with Crippen LogP contribution in [0.2, 0.25) is 0 Å². The summed E-state index contributed by atoms with van der Waals surface area (Å²) in [6.45, 7) is 4.71. The van der Waals surface area contributed by atoms with Gasteiger partial charge in [-0.3, -0.25) is 0 Å². The molecule has 4 rings (SSSR count). The van der Waals surface area contributed by atoms with Gasteiger partial charge in [0.2, 0.25) is 5.95 Å². The molecule has 0 unspecified atom stereocenters. The normalized spacial score (nSPS) is 13.8. The number of imidazole rings is 1. The van der Waals surface area contributed by atoms with E-state index in [-0.39, 0.29) is 0 Å². The predicted molar refractivity (Wildman–Crippen MR) is 93.9 cm³/mol. The van der Waals surface area contributed by atoms with E-state index in [0.29, 0.717) is 0 Å². The summed E-state index contributed by atoms with van der Waals surface area (Å²) in [5.74, 6) is 0.805. The first-order chi connectivity index (χ1) is 11.8. The van der Waals surface area contributed by atoms with E-state index in [0.717, 1.165) is 49.8 Å². The van der Waals surface area contributed by atoms with Crippen LogP contribution in [0.4, 0.5) is 5.95 Å². The maximum atomic E-state index is 4.63. The van der Waals surface area contributed by atoms with Crippen LogP contribution in [0.15, 0.2) is 48.9 Å². The average molecular weight is 319 g/mol. The van der Waals surface area contributed by atoms with Gasteiger partial charge in [0.15, 0.2) is 0 Å². The Morgan fingerprint density at radius 3 is 2.79 bits per heavy atom. The van der Waals surface area contributed by atoms with E-state index in [2.05, 4.69) is 54.8 Å². The number of aromatic nitrogens is 4. The van der Waals surface area contributed by atoms with Crippen molar-refractivity contribution in [3.63, 3.8) is 0 Å². The summed E-state index contributed by atoms with van der Waals surface area (Å²) in [6, 6.07) is 12.5. The Morgan fingerprint density at radius 2 is 1.96 bits per heavy atom. The van der Waals surface area contributed by atoms with Crippen LogP contribution in [-0.4, -0.2) is 26.1 Å². The largest absolute Gasteiger partial charge is 0.334 e. The van der Waals surface area contributed by atoms with Crippen molar-refractivity contribution >= 4 is 5.95 Å². The molecule has 0 aliphatic carbocycles. The predicted octanol–water partition coefficient (Wildman–Crippen LogP) is 2.79. The summed E-state index contributed by atoms with van der Waals surface area (Å²) in [4.78, 5) is 15.8. The Kier molecular flexibility index (Phi) is 3.99. The number of anilines is 1. The lowest BCUT2D eigenvalue weighted by atomic mass is 10.1. The highest BCUT2D eigenvalue weighted by Gasteiger charge is 2.22. The zero-order valence-electron chi connectivity index (χ0n) is 13.9. The highest BCUT2D eigenvalue weighted by Crippen LogP contribution is 2.21. The molecule has 3 heterocycles. The minimum absolute atomic E-state index is 0.789. The molecule has 0 bridgehead atoms. The molecule has 0 spiro atoms. The van der Waals surface area contributed by atoms with Crippen LogP contribution in [0.25, 0.3) is 0 Å². The Bertz CT molecular complexity index is 825. The Balaban J connectivity index is 1.47. The van der Waals surface area contributed by atoms with Gasteiger partial charge in [0.05, 0.1) is 18.6 Å². The molecule has 0 amide bonds. The van der Waals surface area contributed by atoms with Crippen molar-refractivity contribution in [1.82, 2.24) is 19.5 Å². The van der Waals surface area contributed by atoms with Gasteiger partial charge in [-0.1, -0.05) is 30.3 Å². The molecule has 24 heavy (non-hydrogen) atoms. The molecule has 1 aliphatic rings. The summed E-state index contributed by atoms with van der Waals surface area (Å²) < 4.78 is 2.30. The summed E-state index contributed by atoms with van der Waals surface area (Å²) in [7, 11) is 0. The monoisotopic (exact) mass is 319 g/mol. The highest BCUT2D eigenvalue weighted by atomic mass is 15.3. The molecular weight excluding hydrogens is 298 g/mol. The SMILES string of the molecule is Cc1ccnc(N2CCc3c(ncn3CCc3ccccc3)C2)n1. The average Bonchev–Trinajstić information content (AvgIpc) is 3.03. The molecule has 0 N–H and O–H groups in total. The van der Waals surface area contributed by atoms with E-state index in [9.17, 15) is 0 Å². The molecular formula is C19H21N5. The number of fused-ring (bicyclic) bond motifs is 1. The second kappa shape index (κ2) is 6.43. The third kappa shape index (κ3) is 3.02. The van der Waals surface area contributed by atoms with Crippen molar-refractivity contribution in [2.45, 2.75) is 32.9 Å². The molecule has 0 atom stereocenters. The number of hydrogen-bond donors (Lipinski definition) is 0. The molecule has 0 radical (unpaired) electrons. The van der Waals surface area contributed by atoms with E-state index < -0.39 is 0 Å². The Morgan fingerprint density at radius 1 is 1.08 bits per heavy atom. The molecule has 1 aliphatic heterocycles. The molecule has 5 nitrogen and oxygen atoms in total. The van der Waals surface area contributed by atoms with Gasteiger partial charge < -0.3 is 9.47 Å². The number of nitrogens with zero attached hydrogens (tertiary/aromatic N) is 5. The first-order valence-electron chi connectivity index (χ1n) is 8.41. The van der Waals surface area contributed by atoms with Crippen LogP contribution in [0.5, 0.6) is 0 Å². The van der Waals surface area contributed by atoms with Gasteiger partial charge in [0.25, 0.3) is 0 Å². The third-order valence-electron chi connectivity index (χ3n) is 4.54. The fourth-order valence-corrected chi connectivity index (χ4v) is 3.22. The maximum Gasteiger partial charge on any atom is 0.225 e. The van der Waals surface area contributed by atoms with Crippen LogP contribution >= 0.6 is 0 Å². The molecule has 2 aromatic heterocycles. The van der Waals surface area contributed by atoms with Gasteiger partial charge in [0.1, 0.15) is 0 Å². The number of hydrogen-bond acceptors (Lipinski definition) is 4. The van der Waals surface area contributed by atoms with Gasteiger partial charge in [-0.05, 0) is 25.0 Å². The molecule has 5 heteroatoms. The van der Waals surface area contributed by atoms with E-state index >= 15 is 0 Å². The van der Waals surface area contributed by atoms with Crippen molar-refractivity contribution in [3.05, 3.63) is 71.6 Å². The van der Waals surface area contributed by atoms with Crippen molar-refractivity contribution in [2.24, 2.45) is 0 Å². The van der Waals surface area contributed by atoms with Gasteiger partial charge in [-0.2, -0.15) is 0 Å². The van der Waals surface area contributed by atoms with Gasteiger partial charge >= 0.3 is 0 Å². The minimum Gasteiger partial charge on any atom is -0.334 e. The molecule has 3 aromatic rings. The van der Waals surface area contributed by atoms with Gasteiger partial charge in [-0.15, -0.1) is 0 Å². The molecule has 0 saturated heterocycles. The van der Waals surface area contributed by atoms with E-state index in [1.165, 1.54) is 11.3 Å². The van der Waals surface area contributed by atoms with Crippen LogP contribution in [0, 0.1) is 6.92 Å². The number of rotatable bonds is 4.